The Hall–Kier alpha value is -2.99. The number of hydrogen-bond acceptors (Lipinski definition) is 5. The number of carbonyl (C=O) groups excluding carboxylic acids is 2. The fourth-order valence-electron chi connectivity index (χ4n) is 3.35. The van der Waals surface area contributed by atoms with Crippen LogP contribution in [0.3, 0.4) is 0 Å². The standard InChI is InChI=1S/C20H18N2O4/c1-11-4-7-15-14(8-11)17-18(16(21-15)10-25-3)20(24)22(19(17)23)9-13-6-5-12(2)26-13/h4-8H,9-10H2,1-3H3. The normalized spacial score (nSPS) is 13.7. The van der Waals surface area contributed by atoms with Gasteiger partial charge in [0.05, 0.1) is 35.5 Å². The summed E-state index contributed by atoms with van der Waals surface area (Å²) in [5.74, 6) is 0.620. The summed E-state index contributed by atoms with van der Waals surface area (Å²) in [7, 11) is 1.54. The van der Waals surface area contributed by atoms with E-state index in [4.69, 9.17) is 9.15 Å². The van der Waals surface area contributed by atoms with Crippen LogP contribution < -0.4 is 0 Å². The van der Waals surface area contributed by atoms with Gasteiger partial charge >= 0.3 is 0 Å². The molecule has 1 aliphatic heterocycles. The Morgan fingerprint density at radius 2 is 1.85 bits per heavy atom. The van der Waals surface area contributed by atoms with E-state index < -0.39 is 0 Å². The Balaban J connectivity index is 1.88. The highest BCUT2D eigenvalue weighted by atomic mass is 16.5. The summed E-state index contributed by atoms with van der Waals surface area (Å²) in [5.41, 5.74) is 2.90. The molecule has 2 amide bonds. The second kappa shape index (κ2) is 6.07. The Morgan fingerprint density at radius 3 is 2.54 bits per heavy atom. The van der Waals surface area contributed by atoms with Crippen LogP contribution in [0, 0.1) is 13.8 Å². The highest BCUT2D eigenvalue weighted by Gasteiger charge is 2.40. The van der Waals surface area contributed by atoms with Crippen LogP contribution in [-0.2, 0) is 17.9 Å². The molecule has 0 atom stereocenters. The number of pyridine rings is 1. The van der Waals surface area contributed by atoms with Crippen molar-refractivity contribution >= 4 is 22.7 Å². The predicted molar refractivity (Wildman–Crippen MR) is 94.8 cm³/mol. The number of methoxy groups -OCH3 is 1. The molecule has 2 aromatic heterocycles. The topological polar surface area (TPSA) is 72.6 Å². The lowest BCUT2D eigenvalue weighted by Gasteiger charge is -2.11. The fraction of sp³-hybridized carbons (Fsp3) is 0.250. The van der Waals surface area contributed by atoms with E-state index in [2.05, 4.69) is 4.98 Å². The predicted octanol–water partition coefficient (Wildman–Crippen LogP) is 3.39. The van der Waals surface area contributed by atoms with Crippen LogP contribution in [0.1, 0.15) is 43.5 Å². The van der Waals surface area contributed by atoms with E-state index >= 15 is 0 Å². The first kappa shape index (κ1) is 16.5. The molecule has 132 valence electrons. The number of furan rings is 1. The average Bonchev–Trinajstić information content (AvgIpc) is 3.12. The largest absolute Gasteiger partial charge is 0.464 e. The first-order valence-corrected chi connectivity index (χ1v) is 8.33. The molecule has 3 heterocycles. The van der Waals surface area contributed by atoms with Crippen LogP contribution >= 0.6 is 0 Å². The Bertz CT molecular complexity index is 1050. The van der Waals surface area contributed by atoms with E-state index in [1.54, 1.807) is 6.07 Å². The number of carbonyl (C=O) groups is 2. The first-order valence-electron chi connectivity index (χ1n) is 8.33. The molecule has 0 unspecified atom stereocenters. The summed E-state index contributed by atoms with van der Waals surface area (Å²) in [6, 6.07) is 9.27. The van der Waals surface area contributed by atoms with E-state index in [9.17, 15) is 9.59 Å². The summed E-state index contributed by atoms with van der Waals surface area (Å²) in [5, 5.41) is 0.691. The third-order valence-electron chi connectivity index (χ3n) is 4.52. The first-order chi connectivity index (χ1) is 12.5. The number of aromatic nitrogens is 1. The van der Waals surface area contributed by atoms with Crippen molar-refractivity contribution in [3.63, 3.8) is 0 Å². The van der Waals surface area contributed by atoms with Crippen LogP contribution in [0.5, 0.6) is 0 Å². The van der Waals surface area contributed by atoms with Gasteiger partial charge in [-0.05, 0) is 38.1 Å². The summed E-state index contributed by atoms with van der Waals surface area (Å²) in [6.45, 7) is 4.03. The summed E-state index contributed by atoms with van der Waals surface area (Å²) in [6.07, 6.45) is 0. The molecule has 0 bridgehead atoms. The van der Waals surface area contributed by atoms with Gasteiger partial charge in [0, 0.05) is 12.5 Å². The molecule has 1 aromatic carbocycles. The van der Waals surface area contributed by atoms with Crippen LogP contribution in [0.2, 0.25) is 0 Å². The summed E-state index contributed by atoms with van der Waals surface area (Å²) >= 11 is 0. The van der Waals surface area contributed by atoms with Gasteiger partial charge in [-0.1, -0.05) is 11.6 Å². The van der Waals surface area contributed by atoms with Crippen molar-refractivity contribution in [1.82, 2.24) is 9.88 Å². The van der Waals surface area contributed by atoms with Crippen molar-refractivity contribution in [2.75, 3.05) is 7.11 Å². The second-order valence-corrected chi connectivity index (χ2v) is 6.47. The second-order valence-electron chi connectivity index (χ2n) is 6.47. The van der Waals surface area contributed by atoms with Crippen molar-refractivity contribution in [2.24, 2.45) is 0 Å². The highest BCUT2D eigenvalue weighted by Crippen LogP contribution is 2.33. The summed E-state index contributed by atoms with van der Waals surface area (Å²) < 4.78 is 10.7. The van der Waals surface area contributed by atoms with Gasteiger partial charge in [0.15, 0.2) is 0 Å². The number of amides is 2. The molecule has 4 rings (SSSR count). The number of benzene rings is 1. The maximum atomic E-state index is 13.1. The number of aryl methyl sites for hydroxylation is 2. The van der Waals surface area contributed by atoms with Crippen LogP contribution in [0.15, 0.2) is 34.7 Å². The molecular weight excluding hydrogens is 332 g/mol. The van der Waals surface area contributed by atoms with E-state index in [-0.39, 0.29) is 25.0 Å². The minimum Gasteiger partial charge on any atom is -0.464 e. The fourth-order valence-corrected chi connectivity index (χ4v) is 3.35. The molecule has 0 radical (unpaired) electrons. The molecule has 26 heavy (non-hydrogen) atoms. The van der Waals surface area contributed by atoms with E-state index in [0.29, 0.717) is 33.5 Å². The molecule has 6 nitrogen and oxygen atoms in total. The molecule has 0 saturated carbocycles. The number of ether oxygens (including phenoxy) is 1. The van der Waals surface area contributed by atoms with Gasteiger partial charge in [-0.2, -0.15) is 0 Å². The number of nitrogens with zero attached hydrogens (tertiary/aromatic N) is 2. The monoisotopic (exact) mass is 350 g/mol. The van der Waals surface area contributed by atoms with E-state index in [1.807, 2.05) is 38.1 Å². The molecule has 0 aliphatic carbocycles. The third kappa shape index (κ3) is 2.50. The van der Waals surface area contributed by atoms with Gasteiger partial charge in [0.25, 0.3) is 11.8 Å². The zero-order valence-electron chi connectivity index (χ0n) is 14.8. The zero-order valence-corrected chi connectivity index (χ0v) is 14.8. The summed E-state index contributed by atoms with van der Waals surface area (Å²) in [4.78, 5) is 31.9. The quantitative estimate of drug-likeness (QED) is 0.675. The lowest BCUT2D eigenvalue weighted by molar-refractivity contribution is 0.0630. The Labute approximate surface area is 150 Å². The molecular formula is C20H18N2O4. The minimum absolute atomic E-state index is 0.0971. The average molecular weight is 350 g/mol. The van der Waals surface area contributed by atoms with Crippen molar-refractivity contribution in [3.8, 4) is 0 Å². The molecule has 0 saturated heterocycles. The molecule has 0 N–H and O–H groups in total. The van der Waals surface area contributed by atoms with Crippen molar-refractivity contribution in [2.45, 2.75) is 27.0 Å². The van der Waals surface area contributed by atoms with Gasteiger partial charge in [0.2, 0.25) is 0 Å². The SMILES string of the molecule is COCc1nc2ccc(C)cc2c2c1C(=O)N(Cc1ccc(C)o1)C2=O. The maximum absolute atomic E-state index is 13.1. The molecule has 0 fully saturated rings. The van der Waals surface area contributed by atoms with Gasteiger partial charge in [-0.15, -0.1) is 0 Å². The van der Waals surface area contributed by atoms with Crippen LogP contribution in [0.4, 0.5) is 0 Å². The lowest BCUT2D eigenvalue weighted by Crippen LogP contribution is -2.29. The van der Waals surface area contributed by atoms with Crippen molar-refractivity contribution < 1.29 is 18.7 Å². The maximum Gasteiger partial charge on any atom is 0.263 e. The molecule has 1 aliphatic rings. The van der Waals surface area contributed by atoms with Crippen molar-refractivity contribution in [3.05, 3.63) is 64.2 Å². The molecule has 6 heteroatoms. The smallest absolute Gasteiger partial charge is 0.263 e. The van der Waals surface area contributed by atoms with Gasteiger partial charge in [-0.25, -0.2) is 4.98 Å². The van der Waals surface area contributed by atoms with Crippen LogP contribution in [-0.4, -0.2) is 28.8 Å². The molecule has 3 aromatic rings. The highest BCUT2D eigenvalue weighted by molar-refractivity contribution is 6.26. The minimum atomic E-state index is -0.359. The lowest BCUT2D eigenvalue weighted by atomic mass is 10.0. The zero-order chi connectivity index (χ0) is 18.4. The van der Waals surface area contributed by atoms with Crippen molar-refractivity contribution in [1.29, 1.82) is 0 Å². The number of rotatable bonds is 4. The molecule has 0 spiro atoms. The van der Waals surface area contributed by atoms with Crippen LogP contribution in [0.25, 0.3) is 10.9 Å². The van der Waals surface area contributed by atoms with Gasteiger partial charge in [0.1, 0.15) is 11.5 Å². The van der Waals surface area contributed by atoms with Gasteiger partial charge < -0.3 is 9.15 Å². The number of hydrogen-bond donors (Lipinski definition) is 0. The van der Waals surface area contributed by atoms with E-state index in [0.717, 1.165) is 11.3 Å². The third-order valence-corrected chi connectivity index (χ3v) is 4.52. The number of fused-ring (bicyclic) bond motifs is 3. The van der Waals surface area contributed by atoms with Gasteiger partial charge in [-0.3, -0.25) is 14.5 Å². The Morgan fingerprint density at radius 1 is 1.08 bits per heavy atom. The number of imide groups is 1. The Kier molecular flexibility index (Phi) is 3.85. The van der Waals surface area contributed by atoms with E-state index in [1.165, 1.54) is 12.0 Å².